The smallest absolute Gasteiger partial charge is 0.0568 e. The molecular weight excluding hydrogens is 234 g/mol. The molecule has 1 aromatic heterocycles. The van der Waals surface area contributed by atoms with E-state index in [0.29, 0.717) is 0 Å². The van der Waals surface area contributed by atoms with Gasteiger partial charge in [0.15, 0.2) is 0 Å². The molecule has 1 N–H and O–H groups in total. The molecule has 1 unspecified atom stereocenters. The van der Waals surface area contributed by atoms with E-state index in [4.69, 9.17) is 0 Å². The average molecular weight is 255 g/mol. The van der Waals surface area contributed by atoms with Crippen LogP contribution in [0, 0.1) is 19.8 Å². The fourth-order valence-electron chi connectivity index (χ4n) is 2.78. The van der Waals surface area contributed by atoms with Crippen LogP contribution in [0.3, 0.4) is 0 Å². The van der Waals surface area contributed by atoms with E-state index in [9.17, 15) is 0 Å². The summed E-state index contributed by atoms with van der Waals surface area (Å²) in [5, 5.41) is 7.92. The lowest BCUT2D eigenvalue weighted by molar-refractivity contribution is 0.449. The summed E-state index contributed by atoms with van der Waals surface area (Å²) < 4.78 is 2.09. The van der Waals surface area contributed by atoms with Gasteiger partial charge in [0.1, 0.15) is 0 Å². The van der Waals surface area contributed by atoms with Crippen molar-refractivity contribution in [3.8, 4) is 11.1 Å². The molecular formula is C16H21N3. The molecule has 3 rings (SSSR count). The minimum absolute atomic E-state index is 0.728. The molecule has 2 aromatic rings. The number of hydrogen-bond donors (Lipinski definition) is 1. The number of nitrogens with one attached hydrogen (secondary N) is 1. The van der Waals surface area contributed by atoms with Crippen molar-refractivity contribution < 1.29 is 0 Å². The second kappa shape index (κ2) is 5.17. The molecule has 0 amide bonds. The first kappa shape index (κ1) is 12.4. The number of aryl methyl sites for hydroxylation is 2. The summed E-state index contributed by atoms with van der Waals surface area (Å²) >= 11 is 0. The number of aromatic nitrogens is 2. The van der Waals surface area contributed by atoms with Crippen molar-refractivity contribution in [2.75, 3.05) is 13.1 Å². The molecule has 1 aromatic carbocycles. The second-order valence-corrected chi connectivity index (χ2v) is 5.63. The Bertz CT molecular complexity index is 565. The van der Waals surface area contributed by atoms with Gasteiger partial charge in [-0.1, -0.05) is 23.8 Å². The molecule has 0 spiro atoms. The van der Waals surface area contributed by atoms with Gasteiger partial charge in [0.2, 0.25) is 0 Å². The first-order valence-electron chi connectivity index (χ1n) is 7.03. The van der Waals surface area contributed by atoms with Crippen LogP contribution < -0.4 is 5.32 Å². The first-order chi connectivity index (χ1) is 9.22. The fourth-order valence-corrected chi connectivity index (χ4v) is 2.78. The van der Waals surface area contributed by atoms with E-state index in [1.165, 1.54) is 28.7 Å². The monoisotopic (exact) mass is 255 g/mol. The van der Waals surface area contributed by atoms with Gasteiger partial charge in [-0.15, -0.1) is 0 Å². The Morgan fingerprint density at radius 3 is 3.05 bits per heavy atom. The molecule has 3 heteroatoms. The average Bonchev–Trinajstić information content (AvgIpc) is 3.04. The molecule has 1 aliphatic heterocycles. The van der Waals surface area contributed by atoms with Crippen LogP contribution in [0.1, 0.15) is 17.5 Å². The van der Waals surface area contributed by atoms with Crippen molar-refractivity contribution in [1.82, 2.24) is 15.1 Å². The fraction of sp³-hybridized carbons (Fsp3) is 0.438. The zero-order chi connectivity index (χ0) is 13.2. The Morgan fingerprint density at radius 1 is 1.37 bits per heavy atom. The Labute approximate surface area is 114 Å². The van der Waals surface area contributed by atoms with E-state index in [-0.39, 0.29) is 0 Å². The summed E-state index contributed by atoms with van der Waals surface area (Å²) in [6, 6.07) is 6.59. The molecule has 1 aliphatic rings. The Balaban J connectivity index is 1.82. The van der Waals surface area contributed by atoms with Crippen LogP contribution in [0.5, 0.6) is 0 Å². The summed E-state index contributed by atoms with van der Waals surface area (Å²) in [6.07, 6.45) is 5.43. The molecule has 1 fully saturated rings. The highest BCUT2D eigenvalue weighted by Crippen LogP contribution is 2.24. The van der Waals surface area contributed by atoms with Crippen LogP contribution in [0.25, 0.3) is 11.1 Å². The van der Waals surface area contributed by atoms with Crippen molar-refractivity contribution in [2.24, 2.45) is 5.92 Å². The topological polar surface area (TPSA) is 29.9 Å². The molecule has 100 valence electrons. The summed E-state index contributed by atoms with van der Waals surface area (Å²) in [4.78, 5) is 0. The normalized spacial score (nSPS) is 18.9. The molecule has 0 bridgehead atoms. The minimum Gasteiger partial charge on any atom is -0.316 e. The summed E-state index contributed by atoms with van der Waals surface area (Å²) in [6.45, 7) is 7.59. The van der Waals surface area contributed by atoms with Gasteiger partial charge in [-0.25, -0.2) is 0 Å². The highest BCUT2D eigenvalue weighted by molar-refractivity contribution is 5.66. The number of rotatable bonds is 3. The molecule has 2 heterocycles. The van der Waals surface area contributed by atoms with Crippen LogP contribution in [0.15, 0.2) is 30.6 Å². The highest BCUT2D eigenvalue weighted by Gasteiger charge is 2.15. The Hall–Kier alpha value is -1.61. The van der Waals surface area contributed by atoms with Crippen LogP contribution >= 0.6 is 0 Å². The van der Waals surface area contributed by atoms with E-state index in [0.717, 1.165) is 25.6 Å². The summed E-state index contributed by atoms with van der Waals surface area (Å²) in [5.41, 5.74) is 5.14. The van der Waals surface area contributed by atoms with Gasteiger partial charge < -0.3 is 5.32 Å². The Morgan fingerprint density at radius 2 is 2.26 bits per heavy atom. The van der Waals surface area contributed by atoms with Crippen molar-refractivity contribution in [1.29, 1.82) is 0 Å². The lowest BCUT2D eigenvalue weighted by Crippen LogP contribution is -2.14. The van der Waals surface area contributed by atoms with Gasteiger partial charge in [-0.3, -0.25) is 4.68 Å². The SMILES string of the molecule is Cc1ccc(C)c(-c2cnn(CC3CCNC3)c2)c1. The number of benzene rings is 1. The van der Waals surface area contributed by atoms with E-state index in [2.05, 4.69) is 53.3 Å². The molecule has 1 atom stereocenters. The third-order valence-electron chi connectivity index (χ3n) is 3.94. The standard InChI is InChI=1S/C16H21N3/c1-12-3-4-13(2)16(7-12)15-9-18-19(11-15)10-14-5-6-17-8-14/h3-4,7,9,11,14,17H,5-6,8,10H2,1-2H3. The van der Waals surface area contributed by atoms with Gasteiger partial charge >= 0.3 is 0 Å². The summed E-state index contributed by atoms with van der Waals surface area (Å²) in [7, 11) is 0. The largest absolute Gasteiger partial charge is 0.316 e. The second-order valence-electron chi connectivity index (χ2n) is 5.63. The molecule has 3 nitrogen and oxygen atoms in total. The van der Waals surface area contributed by atoms with Crippen LogP contribution in [-0.2, 0) is 6.54 Å². The van der Waals surface area contributed by atoms with Gasteiger partial charge in [0.05, 0.1) is 6.20 Å². The number of nitrogens with zero attached hydrogens (tertiary/aromatic N) is 2. The highest BCUT2D eigenvalue weighted by atomic mass is 15.3. The molecule has 0 saturated carbocycles. The van der Waals surface area contributed by atoms with Crippen LogP contribution in [0.2, 0.25) is 0 Å². The van der Waals surface area contributed by atoms with Gasteiger partial charge in [0.25, 0.3) is 0 Å². The van der Waals surface area contributed by atoms with E-state index < -0.39 is 0 Å². The van der Waals surface area contributed by atoms with E-state index in [1.54, 1.807) is 0 Å². The first-order valence-corrected chi connectivity index (χ1v) is 7.03. The van der Waals surface area contributed by atoms with Crippen LogP contribution in [-0.4, -0.2) is 22.9 Å². The quantitative estimate of drug-likeness (QED) is 0.914. The maximum atomic E-state index is 4.52. The summed E-state index contributed by atoms with van der Waals surface area (Å²) in [5.74, 6) is 0.728. The maximum absolute atomic E-state index is 4.52. The lowest BCUT2D eigenvalue weighted by Gasteiger charge is -2.08. The molecule has 1 saturated heterocycles. The third kappa shape index (κ3) is 2.71. The van der Waals surface area contributed by atoms with Crippen molar-refractivity contribution >= 4 is 0 Å². The van der Waals surface area contributed by atoms with Gasteiger partial charge in [-0.05, 0) is 50.4 Å². The maximum Gasteiger partial charge on any atom is 0.0568 e. The predicted molar refractivity (Wildman–Crippen MR) is 78.1 cm³/mol. The zero-order valence-electron chi connectivity index (χ0n) is 11.7. The molecule has 0 radical (unpaired) electrons. The minimum atomic E-state index is 0.728. The van der Waals surface area contributed by atoms with Crippen molar-refractivity contribution in [3.05, 3.63) is 41.7 Å². The lowest BCUT2D eigenvalue weighted by atomic mass is 10.0. The van der Waals surface area contributed by atoms with Crippen molar-refractivity contribution in [2.45, 2.75) is 26.8 Å². The molecule has 19 heavy (non-hydrogen) atoms. The van der Waals surface area contributed by atoms with Gasteiger partial charge in [-0.2, -0.15) is 5.10 Å². The van der Waals surface area contributed by atoms with Gasteiger partial charge in [0, 0.05) is 18.3 Å². The predicted octanol–water partition coefficient (Wildman–Crippen LogP) is 2.78. The number of hydrogen-bond acceptors (Lipinski definition) is 2. The van der Waals surface area contributed by atoms with E-state index in [1.807, 2.05) is 6.20 Å². The Kier molecular flexibility index (Phi) is 3.38. The van der Waals surface area contributed by atoms with E-state index >= 15 is 0 Å². The third-order valence-corrected chi connectivity index (χ3v) is 3.94. The van der Waals surface area contributed by atoms with Crippen molar-refractivity contribution in [3.63, 3.8) is 0 Å². The zero-order valence-corrected chi connectivity index (χ0v) is 11.7. The van der Waals surface area contributed by atoms with Crippen LogP contribution in [0.4, 0.5) is 0 Å². The molecule has 0 aliphatic carbocycles.